The van der Waals surface area contributed by atoms with Crippen molar-refractivity contribution in [3.8, 4) is 0 Å². The summed E-state index contributed by atoms with van der Waals surface area (Å²) in [5.74, 6) is -4.92. The van der Waals surface area contributed by atoms with Gasteiger partial charge in [-0.15, -0.1) is 0 Å². The lowest BCUT2D eigenvalue weighted by Crippen LogP contribution is -2.46. The van der Waals surface area contributed by atoms with E-state index in [9.17, 15) is 18.8 Å². The number of nitrogens with two attached hydrogens (primary N) is 1. The van der Waals surface area contributed by atoms with Crippen LogP contribution in [0, 0.1) is 11.7 Å². The summed E-state index contributed by atoms with van der Waals surface area (Å²) in [4.78, 5) is 42.2. The maximum Gasteiger partial charge on any atom is 0.338 e. The molecule has 2 aliphatic rings. The summed E-state index contributed by atoms with van der Waals surface area (Å²) in [6.45, 7) is 0. The van der Waals surface area contributed by atoms with Gasteiger partial charge in [0.25, 0.3) is 0 Å². The third-order valence-corrected chi connectivity index (χ3v) is 7.77. The van der Waals surface area contributed by atoms with E-state index in [1.165, 1.54) is 48.7 Å². The molecular formula is C29H25FN2O5S. The van der Waals surface area contributed by atoms with Crippen molar-refractivity contribution < 1.29 is 28.2 Å². The van der Waals surface area contributed by atoms with Crippen LogP contribution in [0.3, 0.4) is 0 Å². The quantitative estimate of drug-likeness (QED) is 0.378. The van der Waals surface area contributed by atoms with Crippen molar-refractivity contribution in [3.63, 3.8) is 0 Å². The molecule has 0 unspecified atom stereocenters. The van der Waals surface area contributed by atoms with E-state index in [0.717, 1.165) is 5.56 Å². The van der Waals surface area contributed by atoms with Gasteiger partial charge in [-0.1, -0.05) is 36.4 Å². The van der Waals surface area contributed by atoms with Gasteiger partial charge >= 0.3 is 11.9 Å². The molecule has 3 aromatic rings. The summed E-state index contributed by atoms with van der Waals surface area (Å²) in [5, 5.41) is 3.66. The normalized spacial score (nSPS) is 21.3. The van der Waals surface area contributed by atoms with E-state index >= 15 is 0 Å². The van der Waals surface area contributed by atoms with E-state index < -0.39 is 41.3 Å². The van der Waals surface area contributed by atoms with Crippen molar-refractivity contribution in [2.75, 3.05) is 19.1 Å². The van der Waals surface area contributed by atoms with Gasteiger partial charge in [-0.25, -0.2) is 9.18 Å². The first-order valence-corrected chi connectivity index (χ1v) is 12.9. The van der Waals surface area contributed by atoms with Crippen LogP contribution in [0.15, 0.2) is 94.1 Å². The molecule has 0 fully saturated rings. The summed E-state index contributed by atoms with van der Waals surface area (Å²) >= 11 is 1.40. The molecular weight excluding hydrogens is 507 g/mol. The van der Waals surface area contributed by atoms with Crippen molar-refractivity contribution in [1.82, 2.24) is 0 Å². The van der Waals surface area contributed by atoms with E-state index in [1.807, 2.05) is 41.1 Å². The van der Waals surface area contributed by atoms with Crippen LogP contribution in [0.1, 0.15) is 29.4 Å². The molecule has 1 aromatic heterocycles. The second-order valence-electron chi connectivity index (χ2n) is 9.04. The number of nitrogens with zero attached hydrogens (tertiary/aromatic N) is 1. The lowest BCUT2D eigenvalue weighted by atomic mass is 9.67. The van der Waals surface area contributed by atoms with Crippen molar-refractivity contribution in [2.24, 2.45) is 11.7 Å². The minimum absolute atomic E-state index is 0.0357. The number of halogens is 1. The minimum atomic E-state index is -1.14. The van der Waals surface area contributed by atoms with E-state index in [0.29, 0.717) is 16.9 Å². The molecule has 0 amide bonds. The Kier molecular flexibility index (Phi) is 6.86. The fraction of sp³-hybridized carbons (Fsp3) is 0.207. The van der Waals surface area contributed by atoms with Crippen LogP contribution >= 0.6 is 11.3 Å². The SMILES string of the molecule is COC(=O)C1=C(N)N(c2cccc(F)c2)C2=C(C(=O)[C@@H](C(=O)OC)[C@@H](c3ccccc3)C2)[C@@H]1c1ccsc1. The van der Waals surface area contributed by atoms with Gasteiger partial charge in [0.1, 0.15) is 17.6 Å². The number of Topliss-reactive ketones (excluding diaryl/α,β-unsaturated/α-hetero) is 1. The second-order valence-corrected chi connectivity index (χ2v) is 9.82. The summed E-state index contributed by atoms with van der Waals surface area (Å²) in [7, 11) is 2.48. The number of anilines is 1. The average molecular weight is 533 g/mol. The summed E-state index contributed by atoms with van der Waals surface area (Å²) in [5.41, 5.74) is 9.25. The predicted octanol–water partition coefficient (Wildman–Crippen LogP) is 4.63. The number of hydrogen-bond acceptors (Lipinski definition) is 8. The van der Waals surface area contributed by atoms with Crippen LogP contribution < -0.4 is 10.6 Å². The first-order valence-electron chi connectivity index (χ1n) is 11.9. The molecule has 9 heteroatoms. The van der Waals surface area contributed by atoms with Gasteiger partial charge in [0, 0.05) is 17.2 Å². The molecule has 1 aliphatic carbocycles. The Labute approximate surface area is 223 Å². The predicted molar refractivity (Wildman–Crippen MR) is 141 cm³/mol. The van der Waals surface area contributed by atoms with E-state index in [4.69, 9.17) is 15.2 Å². The Bertz CT molecular complexity index is 1470. The van der Waals surface area contributed by atoms with Gasteiger partial charge in [-0.05, 0) is 52.6 Å². The Morgan fingerprint density at radius 3 is 2.42 bits per heavy atom. The lowest BCUT2D eigenvalue weighted by molar-refractivity contribution is -0.150. The third-order valence-electron chi connectivity index (χ3n) is 7.07. The number of carbonyl (C=O) groups is 3. The number of rotatable bonds is 5. The number of allylic oxidation sites excluding steroid dienone is 2. The highest BCUT2D eigenvalue weighted by atomic mass is 32.1. The number of benzene rings is 2. The summed E-state index contributed by atoms with van der Waals surface area (Å²) in [6, 6.07) is 16.8. The Hall–Kier alpha value is -4.24. The number of methoxy groups -OCH3 is 2. The number of esters is 2. The number of thiophene rings is 1. The Morgan fingerprint density at radius 2 is 1.79 bits per heavy atom. The van der Waals surface area contributed by atoms with Gasteiger partial charge < -0.3 is 15.2 Å². The number of ether oxygens (including phenoxy) is 2. The van der Waals surface area contributed by atoms with Crippen molar-refractivity contribution in [2.45, 2.75) is 18.3 Å². The van der Waals surface area contributed by atoms with Crippen LogP contribution in [0.2, 0.25) is 0 Å². The molecule has 0 radical (unpaired) electrons. The van der Waals surface area contributed by atoms with Gasteiger partial charge in [-0.3, -0.25) is 14.5 Å². The highest BCUT2D eigenvalue weighted by molar-refractivity contribution is 7.08. The molecule has 194 valence electrons. The largest absolute Gasteiger partial charge is 0.468 e. The van der Waals surface area contributed by atoms with Crippen molar-refractivity contribution in [3.05, 3.63) is 111 Å². The van der Waals surface area contributed by atoms with E-state index in [1.54, 1.807) is 12.1 Å². The number of hydrogen-bond donors (Lipinski definition) is 1. The smallest absolute Gasteiger partial charge is 0.338 e. The minimum Gasteiger partial charge on any atom is -0.468 e. The van der Waals surface area contributed by atoms with Crippen LogP contribution in [-0.4, -0.2) is 31.9 Å². The van der Waals surface area contributed by atoms with E-state index in [-0.39, 0.29) is 23.4 Å². The molecule has 2 aromatic carbocycles. The maximum absolute atomic E-state index is 14.4. The molecule has 0 saturated heterocycles. The zero-order valence-electron chi connectivity index (χ0n) is 20.7. The summed E-state index contributed by atoms with van der Waals surface area (Å²) in [6.07, 6.45) is 0.219. The molecule has 0 bridgehead atoms. The standard InChI is InChI=1S/C29H25FN2O5S/c1-36-28(34)23-20(16-7-4-3-5-8-16)14-21-24(26(23)33)22(17-11-12-38-15-17)25(29(35)37-2)27(31)32(21)19-10-6-9-18(30)13-19/h3-13,15,20,22-23H,14,31H2,1-2H3/t20-,22+,23+/m1/s1. The molecule has 38 heavy (non-hydrogen) atoms. The van der Waals surface area contributed by atoms with Crippen LogP contribution in [0.5, 0.6) is 0 Å². The second kappa shape index (κ2) is 10.3. The van der Waals surface area contributed by atoms with E-state index in [2.05, 4.69) is 0 Å². The maximum atomic E-state index is 14.4. The molecule has 7 nitrogen and oxygen atoms in total. The van der Waals surface area contributed by atoms with Crippen molar-refractivity contribution >= 4 is 34.7 Å². The molecule has 3 atom stereocenters. The number of carbonyl (C=O) groups excluding carboxylic acids is 3. The highest BCUT2D eigenvalue weighted by Crippen LogP contribution is 2.51. The fourth-order valence-electron chi connectivity index (χ4n) is 5.43. The van der Waals surface area contributed by atoms with Crippen LogP contribution in [-0.2, 0) is 23.9 Å². The monoisotopic (exact) mass is 532 g/mol. The zero-order chi connectivity index (χ0) is 27.0. The Balaban J connectivity index is 1.82. The van der Waals surface area contributed by atoms with Crippen LogP contribution in [0.25, 0.3) is 0 Å². The molecule has 0 spiro atoms. The molecule has 2 heterocycles. The van der Waals surface area contributed by atoms with Gasteiger partial charge in [0.15, 0.2) is 5.78 Å². The van der Waals surface area contributed by atoms with Gasteiger partial charge in [0.2, 0.25) is 0 Å². The summed E-state index contributed by atoms with van der Waals surface area (Å²) < 4.78 is 24.6. The Morgan fingerprint density at radius 1 is 1.03 bits per heavy atom. The zero-order valence-corrected chi connectivity index (χ0v) is 21.5. The molecule has 5 rings (SSSR count). The molecule has 2 N–H and O–H groups in total. The average Bonchev–Trinajstić information content (AvgIpc) is 3.46. The van der Waals surface area contributed by atoms with Crippen molar-refractivity contribution in [1.29, 1.82) is 0 Å². The van der Waals surface area contributed by atoms with Gasteiger partial charge in [-0.2, -0.15) is 11.3 Å². The lowest BCUT2D eigenvalue weighted by Gasteiger charge is -2.43. The fourth-order valence-corrected chi connectivity index (χ4v) is 6.12. The van der Waals surface area contributed by atoms with Gasteiger partial charge in [0.05, 0.1) is 31.4 Å². The first kappa shape index (κ1) is 25.4. The highest BCUT2D eigenvalue weighted by Gasteiger charge is 2.51. The third kappa shape index (κ3) is 4.18. The molecule has 1 aliphatic heterocycles. The molecule has 0 saturated carbocycles. The number of ketones is 1. The van der Waals surface area contributed by atoms with Crippen LogP contribution in [0.4, 0.5) is 10.1 Å². The topological polar surface area (TPSA) is 98.9 Å². The first-order chi connectivity index (χ1) is 18.4.